The van der Waals surface area contributed by atoms with Gasteiger partial charge in [0, 0.05) is 22.5 Å². The molecule has 0 aliphatic carbocycles. The van der Waals surface area contributed by atoms with Crippen molar-refractivity contribution in [3.05, 3.63) is 75.4 Å². The average molecular weight is 399 g/mol. The fraction of sp³-hybridized carbons (Fsp3) is 0.143. The van der Waals surface area contributed by atoms with Gasteiger partial charge in [0.25, 0.3) is 0 Å². The van der Waals surface area contributed by atoms with E-state index in [2.05, 4.69) is 0 Å². The van der Waals surface area contributed by atoms with Gasteiger partial charge in [-0.05, 0) is 36.8 Å². The molecular weight excluding hydrogens is 383 g/mol. The zero-order valence-electron chi connectivity index (χ0n) is 14.6. The smallest absolute Gasteiger partial charge is 0.348 e. The zero-order chi connectivity index (χ0) is 19.4. The molecule has 0 atom stereocenters. The minimum absolute atomic E-state index is 0.0897. The van der Waals surface area contributed by atoms with Crippen LogP contribution in [0, 0.1) is 11.3 Å². The summed E-state index contributed by atoms with van der Waals surface area (Å²) in [7, 11) is 0. The molecule has 2 aromatic carbocycles. The van der Waals surface area contributed by atoms with Crippen LogP contribution in [-0.4, -0.2) is 17.1 Å². The molecule has 0 bridgehead atoms. The van der Waals surface area contributed by atoms with Gasteiger partial charge < -0.3 is 9.30 Å². The molecule has 4 nitrogen and oxygen atoms in total. The Morgan fingerprint density at radius 3 is 2.56 bits per heavy atom. The highest BCUT2D eigenvalue weighted by molar-refractivity contribution is 6.33. The van der Waals surface area contributed by atoms with E-state index in [1.54, 1.807) is 6.92 Å². The van der Waals surface area contributed by atoms with Crippen LogP contribution in [0.3, 0.4) is 0 Å². The molecule has 6 heteroatoms. The number of fused-ring (bicyclic) bond motifs is 1. The topological polar surface area (TPSA) is 55.0 Å². The predicted molar refractivity (Wildman–Crippen MR) is 108 cm³/mol. The number of hydrogen-bond donors (Lipinski definition) is 0. The normalized spacial score (nSPS) is 11.4. The van der Waals surface area contributed by atoms with Gasteiger partial charge in [0.15, 0.2) is 0 Å². The van der Waals surface area contributed by atoms with Crippen molar-refractivity contribution >= 4 is 46.2 Å². The maximum atomic E-state index is 12.0. The third-order valence-corrected chi connectivity index (χ3v) is 4.76. The summed E-state index contributed by atoms with van der Waals surface area (Å²) >= 11 is 12.6. The number of para-hydroxylation sites is 1. The Balaban J connectivity index is 2.12. The molecular formula is C21H16Cl2N2O2. The van der Waals surface area contributed by atoms with Gasteiger partial charge in [-0.3, -0.25) is 0 Å². The van der Waals surface area contributed by atoms with Gasteiger partial charge in [0.05, 0.1) is 12.1 Å². The Labute approximate surface area is 167 Å². The summed E-state index contributed by atoms with van der Waals surface area (Å²) in [6.45, 7) is 2.42. The molecule has 27 heavy (non-hydrogen) atoms. The molecule has 0 amide bonds. The molecule has 0 aliphatic rings. The quantitative estimate of drug-likeness (QED) is 0.325. The first-order valence-corrected chi connectivity index (χ1v) is 9.10. The molecule has 1 aromatic heterocycles. The summed E-state index contributed by atoms with van der Waals surface area (Å²) < 4.78 is 6.88. The van der Waals surface area contributed by atoms with E-state index >= 15 is 0 Å². The lowest BCUT2D eigenvalue weighted by Gasteiger charge is -2.07. The molecule has 0 spiro atoms. The number of halogens is 2. The number of hydrogen-bond acceptors (Lipinski definition) is 3. The molecule has 136 valence electrons. The summed E-state index contributed by atoms with van der Waals surface area (Å²) in [5.41, 5.74) is 2.47. The van der Waals surface area contributed by atoms with E-state index in [1.807, 2.05) is 59.2 Å². The van der Waals surface area contributed by atoms with Crippen LogP contribution in [0.25, 0.3) is 17.0 Å². The lowest BCUT2D eigenvalue weighted by atomic mass is 10.1. The Kier molecular flexibility index (Phi) is 5.85. The number of benzene rings is 2. The number of carbonyl (C=O) groups excluding carboxylic acids is 1. The van der Waals surface area contributed by atoms with E-state index in [4.69, 9.17) is 27.9 Å². The van der Waals surface area contributed by atoms with Gasteiger partial charge in [-0.25, -0.2) is 4.79 Å². The van der Waals surface area contributed by atoms with Crippen molar-refractivity contribution in [3.63, 3.8) is 0 Å². The maximum absolute atomic E-state index is 12.0. The molecule has 0 saturated heterocycles. The van der Waals surface area contributed by atoms with E-state index in [-0.39, 0.29) is 12.2 Å². The van der Waals surface area contributed by atoms with E-state index in [0.29, 0.717) is 22.3 Å². The Morgan fingerprint density at radius 2 is 1.89 bits per heavy atom. The fourth-order valence-corrected chi connectivity index (χ4v) is 3.29. The number of nitriles is 1. The number of rotatable bonds is 5. The lowest BCUT2D eigenvalue weighted by Crippen LogP contribution is -2.06. The molecule has 3 rings (SSSR count). The highest BCUT2D eigenvalue weighted by atomic mass is 35.5. The van der Waals surface area contributed by atoms with Crippen LogP contribution in [-0.2, 0) is 16.1 Å². The van der Waals surface area contributed by atoms with Crippen molar-refractivity contribution in [2.75, 3.05) is 6.61 Å². The summed E-state index contributed by atoms with van der Waals surface area (Å²) in [5, 5.41) is 11.3. The SMILES string of the molecule is CCOC(=O)/C(C#N)=C\c1c(Cl)n(Cc2ccc(Cl)cc2)c2ccccc12. The van der Waals surface area contributed by atoms with E-state index in [9.17, 15) is 10.1 Å². The first-order chi connectivity index (χ1) is 13.0. The van der Waals surface area contributed by atoms with Gasteiger partial charge in [0.1, 0.15) is 16.8 Å². The van der Waals surface area contributed by atoms with Crippen LogP contribution in [0.2, 0.25) is 10.2 Å². The van der Waals surface area contributed by atoms with E-state index in [0.717, 1.165) is 16.5 Å². The minimum atomic E-state index is -0.661. The van der Waals surface area contributed by atoms with Crippen molar-refractivity contribution in [1.29, 1.82) is 5.26 Å². The minimum Gasteiger partial charge on any atom is -0.462 e. The van der Waals surface area contributed by atoms with E-state index < -0.39 is 5.97 Å². The Bertz CT molecular complexity index is 1060. The highest BCUT2D eigenvalue weighted by Crippen LogP contribution is 2.33. The van der Waals surface area contributed by atoms with Gasteiger partial charge in [0.2, 0.25) is 0 Å². The van der Waals surface area contributed by atoms with Crippen molar-refractivity contribution in [3.8, 4) is 6.07 Å². The molecule has 1 heterocycles. The van der Waals surface area contributed by atoms with Crippen LogP contribution in [0.1, 0.15) is 18.1 Å². The number of carbonyl (C=O) groups is 1. The third kappa shape index (κ3) is 4.00. The van der Waals surface area contributed by atoms with Gasteiger partial charge in [-0.2, -0.15) is 5.26 Å². The molecule has 3 aromatic rings. The molecule has 0 fully saturated rings. The number of esters is 1. The lowest BCUT2D eigenvalue weighted by molar-refractivity contribution is -0.137. The summed E-state index contributed by atoms with van der Waals surface area (Å²) in [4.78, 5) is 12.0. The van der Waals surface area contributed by atoms with Crippen molar-refractivity contribution < 1.29 is 9.53 Å². The Hall–Kier alpha value is -2.74. The van der Waals surface area contributed by atoms with Gasteiger partial charge in [-0.15, -0.1) is 0 Å². The Morgan fingerprint density at radius 1 is 1.19 bits per heavy atom. The van der Waals surface area contributed by atoms with Gasteiger partial charge >= 0.3 is 5.97 Å². The zero-order valence-corrected chi connectivity index (χ0v) is 16.1. The van der Waals surface area contributed by atoms with Crippen molar-refractivity contribution in [2.45, 2.75) is 13.5 Å². The van der Waals surface area contributed by atoms with Crippen LogP contribution >= 0.6 is 23.2 Å². The number of nitrogens with zero attached hydrogens (tertiary/aromatic N) is 2. The maximum Gasteiger partial charge on any atom is 0.348 e. The third-order valence-electron chi connectivity index (χ3n) is 4.10. The second-order valence-corrected chi connectivity index (χ2v) is 6.62. The molecule has 0 saturated carbocycles. The number of aromatic nitrogens is 1. The molecule has 0 N–H and O–H groups in total. The van der Waals surface area contributed by atoms with Crippen LogP contribution in [0.5, 0.6) is 0 Å². The average Bonchev–Trinajstić information content (AvgIpc) is 2.93. The molecule has 0 unspecified atom stereocenters. The second-order valence-electron chi connectivity index (χ2n) is 5.82. The van der Waals surface area contributed by atoms with Crippen LogP contribution in [0.15, 0.2) is 54.1 Å². The molecule has 0 aliphatic heterocycles. The fourth-order valence-electron chi connectivity index (χ4n) is 2.85. The highest BCUT2D eigenvalue weighted by Gasteiger charge is 2.17. The summed E-state index contributed by atoms with van der Waals surface area (Å²) in [6.07, 6.45) is 1.49. The summed E-state index contributed by atoms with van der Waals surface area (Å²) in [5.74, 6) is -0.661. The second kappa shape index (κ2) is 8.30. The van der Waals surface area contributed by atoms with Crippen molar-refractivity contribution in [1.82, 2.24) is 4.57 Å². The van der Waals surface area contributed by atoms with Gasteiger partial charge in [-0.1, -0.05) is 53.5 Å². The summed E-state index contributed by atoms with van der Waals surface area (Å²) in [6, 6.07) is 17.1. The van der Waals surface area contributed by atoms with Crippen LogP contribution < -0.4 is 0 Å². The standard InChI is InChI=1S/C21H16Cl2N2O2/c1-2-27-21(26)15(12-24)11-18-17-5-3-4-6-19(17)25(20(18)23)13-14-7-9-16(22)10-8-14/h3-11H,2,13H2,1H3/b15-11-. The predicted octanol–water partition coefficient (Wildman–Crippen LogP) is 5.47. The first-order valence-electron chi connectivity index (χ1n) is 8.35. The monoisotopic (exact) mass is 398 g/mol. The van der Waals surface area contributed by atoms with Crippen molar-refractivity contribution in [2.24, 2.45) is 0 Å². The molecule has 0 radical (unpaired) electrons. The largest absolute Gasteiger partial charge is 0.462 e. The first kappa shape index (κ1) is 19.0. The number of ether oxygens (including phenoxy) is 1. The van der Waals surface area contributed by atoms with Crippen LogP contribution in [0.4, 0.5) is 0 Å². The van der Waals surface area contributed by atoms with E-state index in [1.165, 1.54) is 6.08 Å².